The van der Waals surface area contributed by atoms with Crippen LogP contribution in [0, 0.1) is 0 Å². The predicted octanol–water partition coefficient (Wildman–Crippen LogP) is 2.31. The number of hydrogen-bond acceptors (Lipinski definition) is 3. The lowest BCUT2D eigenvalue weighted by Crippen LogP contribution is -1.91. The van der Waals surface area contributed by atoms with E-state index in [2.05, 4.69) is 5.16 Å². The minimum atomic E-state index is -0.733. The van der Waals surface area contributed by atoms with Gasteiger partial charge < -0.3 is 9.32 Å². The summed E-state index contributed by atoms with van der Waals surface area (Å²) in [7, 11) is 0. The first-order chi connectivity index (χ1) is 6.33. The predicted molar refractivity (Wildman–Crippen MR) is 48.7 cm³/mol. The third-order valence-electron chi connectivity index (χ3n) is 1.79. The van der Waals surface area contributed by atoms with Crippen LogP contribution in [0.5, 0.6) is 0 Å². The van der Waals surface area contributed by atoms with Crippen molar-refractivity contribution in [2.75, 3.05) is 0 Å². The molecule has 66 valence electrons. The maximum atomic E-state index is 10.4. The van der Waals surface area contributed by atoms with Crippen LogP contribution in [0.2, 0.25) is 0 Å². The number of benzene rings is 1. The highest BCUT2D eigenvalue weighted by Gasteiger charge is 2.15. The van der Waals surface area contributed by atoms with E-state index in [1.165, 1.54) is 0 Å². The number of halogens is 1. The fraction of sp³-hybridized carbons (Fsp3) is 0.111. The van der Waals surface area contributed by atoms with Gasteiger partial charge in [-0.3, -0.25) is 0 Å². The Labute approximate surface area is 79.3 Å². The minimum Gasteiger partial charge on any atom is -0.356 e. The zero-order chi connectivity index (χ0) is 9.26. The Morgan fingerprint density at radius 3 is 3.00 bits per heavy atom. The van der Waals surface area contributed by atoms with Crippen molar-refractivity contribution >= 4 is 28.9 Å². The van der Waals surface area contributed by atoms with Crippen LogP contribution in [0.4, 0.5) is 0 Å². The van der Waals surface area contributed by atoms with E-state index in [0.717, 1.165) is 5.39 Å². The van der Waals surface area contributed by atoms with Gasteiger partial charge in [0.15, 0.2) is 5.58 Å². The summed E-state index contributed by atoms with van der Waals surface area (Å²) in [5.74, 6) is 0. The highest BCUT2D eigenvalue weighted by Crippen LogP contribution is 2.25. The maximum Gasteiger partial charge on any atom is 0.167 e. The highest BCUT2D eigenvalue weighted by atomic mass is 35.5. The molecule has 3 nitrogen and oxygen atoms in total. The van der Waals surface area contributed by atoms with Crippen LogP contribution in [-0.4, -0.2) is 11.4 Å². The molecule has 1 aromatic carbocycles. The van der Waals surface area contributed by atoms with Crippen molar-refractivity contribution in [3.05, 3.63) is 30.0 Å². The molecule has 0 aliphatic carbocycles. The van der Waals surface area contributed by atoms with Gasteiger partial charge in [-0.25, -0.2) is 0 Å². The molecular formula is C9H6ClNO2. The number of carbonyl (C=O) groups excluding carboxylic acids is 1. The van der Waals surface area contributed by atoms with Gasteiger partial charge in [0.25, 0.3) is 0 Å². The molecule has 0 N–H and O–H groups in total. The molecule has 0 aliphatic rings. The average molecular weight is 196 g/mol. The molecule has 0 amide bonds. The van der Waals surface area contributed by atoms with Gasteiger partial charge in [0, 0.05) is 5.39 Å². The van der Waals surface area contributed by atoms with Gasteiger partial charge in [-0.1, -0.05) is 17.3 Å². The van der Waals surface area contributed by atoms with Gasteiger partial charge >= 0.3 is 0 Å². The number of alkyl halides is 1. The zero-order valence-corrected chi connectivity index (χ0v) is 7.36. The van der Waals surface area contributed by atoms with Gasteiger partial charge in [0.2, 0.25) is 0 Å². The number of aromatic nitrogens is 1. The Morgan fingerprint density at radius 1 is 1.46 bits per heavy atom. The second-order valence-electron chi connectivity index (χ2n) is 2.60. The first kappa shape index (κ1) is 8.26. The molecule has 0 aliphatic heterocycles. The second-order valence-corrected chi connectivity index (χ2v) is 3.07. The van der Waals surface area contributed by atoms with E-state index in [1.54, 1.807) is 6.07 Å². The van der Waals surface area contributed by atoms with Gasteiger partial charge in [0.05, 0.1) is 0 Å². The minimum absolute atomic E-state index is 0.479. The molecule has 2 aromatic rings. The number of rotatable bonds is 2. The van der Waals surface area contributed by atoms with Crippen molar-refractivity contribution in [1.82, 2.24) is 5.16 Å². The van der Waals surface area contributed by atoms with E-state index in [0.29, 0.717) is 17.6 Å². The lowest BCUT2D eigenvalue weighted by atomic mass is 10.2. The highest BCUT2D eigenvalue weighted by molar-refractivity contribution is 6.28. The molecule has 1 aromatic heterocycles. The molecule has 1 unspecified atom stereocenters. The smallest absolute Gasteiger partial charge is 0.167 e. The molecule has 2 rings (SSSR count). The fourth-order valence-electron chi connectivity index (χ4n) is 1.17. The van der Waals surface area contributed by atoms with Crippen LogP contribution in [0.3, 0.4) is 0 Å². The monoisotopic (exact) mass is 195 g/mol. The van der Waals surface area contributed by atoms with Crippen LogP contribution in [0.25, 0.3) is 11.0 Å². The van der Waals surface area contributed by atoms with Crippen molar-refractivity contribution in [3.8, 4) is 0 Å². The molecule has 1 heterocycles. The normalized spacial score (nSPS) is 13.0. The summed E-state index contributed by atoms with van der Waals surface area (Å²) in [4.78, 5) is 10.4. The maximum absolute atomic E-state index is 10.4. The van der Waals surface area contributed by atoms with Crippen molar-refractivity contribution in [3.63, 3.8) is 0 Å². The summed E-state index contributed by atoms with van der Waals surface area (Å²) >= 11 is 5.72. The van der Waals surface area contributed by atoms with Crippen LogP contribution >= 0.6 is 11.6 Å². The third kappa shape index (κ3) is 1.31. The lowest BCUT2D eigenvalue weighted by Gasteiger charge is -1.93. The second kappa shape index (κ2) is 3.18. The number of nitrogens with zero attached hydrogens (tertiary/aromatic N) is 1. The molecule has 0 saturated heterocycles. The van der Waals surface area contributed by atoms with Crippen LogP contribution in [0.15, 0.2) is 28.8 Å². The number of aldehydes is 1. The molecule has 0 bridgehead atoms. The lowest BCUT2D eigenvalue weighted by molar-refractivity contribution is -0.107. The standard InChI is InChI=1S/C9H6ClNO2/c10-7(5-12)9-6-3-1-2-4-8(6)13-11-9/h1-5,7H. The average Bonchev–Trinajstić information content (AvgIpc) is 2.60. The molecule has 0 radical (unpaired) electrons. The Hall–Kier alpha value is -1.35. The quantitative estimate of drug-likeness (QED) is 0.546. The first-order valence-electron chi connectivity index (χ1n) is 3.76. The molecule has 1 atom stereocenters. The summed E-state index contributed by atoms with van der Waals surface area (Å²) < 4.78 is 4.98. The van der Waals surface area contributed by atoms with E-state index in [-0.39, 0.29) is 0 Å². The van der Waals surface area contributed by atoms with Crippen molar-refractivity contribution in [2.45, 2.75) is 5.38 Å². The molecule has 0 saturated carbocycles. The largest absolute Gasteiger partial charge is 0.356 e. The Morgan fingerprint density at radius 2 is 2.23 bits per heavy atom. The number of para-hydroxylation sites is 1. The van der Waals surface area contributed by atoms with Gasteiger partial charge in [-0.05, 0) is 12.1 Å². The summed E-state index contributed by atoms with van der Waals surface area (Å²) in [6, 6.07) is 7.28. The van der Waals surface area contributed by atoms with Crippen LogP contribution in [-0.2, 0) is 4.79 Å². The number of fused-ring (bicyclic) bond motifs is 1. The van der Waals surface area contributed by atoms with Crippen molar-refractivity contribution < 1.29 is 9.32 Å². The van der Waals surface area contributed by atoms with Crippen molar-refractivity contribution in [2.24, 2.45) is 0 Å². The fourth-order valence-corrected chi connectivity index (χ4v) is 1.33. The third-order valence-corrected chi connectivity index (χ3v) is 2.10. The van der Waals surface area contributed by atoms with Crippen LogP contribution < -0.4 is 0 Å². The van der Waals surface area contributed by atoms with E-state index >= 15 is 0 Å². The van der Waals surface area contributed by atoms with Gasteiger partial charge in [-0.2, -0.15) is 0 Å². The summed E-state index contributed by atoms with van der Waals surface area (Å²) in [6.07, 6.45) is 0.631. The van der Waals surface area contributed by atoms with E-state index in [9.17, 15) is 4.79 Å². The zero-order valence-electron chi connectivity index (χ0n) is 6.61. The van der Waals surface area contributed by atoms with Gasteiger partial charge in [-0.15, -0.1) is 11.6 Å². The number of hydrogen-bond donors (Lipinski definition) is 0. The Balaban J connectivity index is 2.64. The van der Waals surface area contributed by atoms with Crippen LogP contribution in [0.1, 0.15) is 11.1 Å². The van der Waals surface area contributed by atoms with E-state index in [1.807, 2.05) is 18.2 Å². The van der Waals surface area contributed by atoms with Crippen molar-refractivity contribution in [1.29, 1.82) is 0 Å². The summed E-state index contributed by atoms with van der Waals surface area (Å²) in [5, 5.41) is 3.78. The Kier molecular flexibility index (Phi) is 2.02. The topological polar surface area (TPSA) is 43.1 Å². The first-order valence-corrected chi connectivity index (χ1v) is 4.20. The Bertz CT molecular complexity index is 438. The molecule has 13 heavy (non-hydrogen) atoms. The van der Waals surface area contributed by atoms with E-state index in [4.69, 9.17) is 16.1 Å². The summed E-state index contributed by atoms with van der Waals surface area (Å²) in [6.45, 7) is 0. The summed E-state index contributed by atoms with van der Waals surface area (Å²) in [5.41, 5.74) is 1.12. The molecule has 0 spiro atoms. The molecule has 4 heteroatoms. The SMILES string of the molecule is O=CC(Cl)c1noc2ccccc12. The van der Waals surface area contributed by atoms with E-state index < -0.39 is 5.38 Å². The molecular weight excluding hydrogens is 190 g/mol. The molecule has 0 fully saturated rings. The number of carbonyl (C=O) groups is 1. The van der Waals surface area contributed by atoms with Gasteiger partial charge in [0.1, 0.15) is 17.4 Å².